The number of rotatable bonds is 7. The Morgan fingerprint density at radius 2 is 1.64 bits per heavy atom. The predicted molar refractivity (Wildman–Crippen MR) is 189 cm³/mol. The van der Waals surface area contributed by atoms with Crippen LogP contribution in [0.3, 0.4) is 0 Å². The largest absolute Gasteiger partial charge is 0.547 e. The lowest BCUT2D eigenvalue weighted by atomic mass is 9.72. The van der Waals surface area contributed by atoms with Crippen molar-refractivity contribution in [1.29, 1.82) is 0 Å². The normalized spacial score (nSPS) is 17.7. The van der Waals surface area contributed by atoms with Gasteiger partial charge in [0.1, 0.15) is 33.9 Å². The van der Waals surface area contributed by atoms with E-state index in [0.29, 0.717) is 18.9 Å². The smallest absolute Gasteiger partial charge is 0.534 e. The summed E-state index contributed by atoms with van der Waals surface area (Å²) in [5.41, 5.74) is -1.09. The number of hydrogen-bond donors (Lipinski definition) is 8. The minimum Gasteiger partial charge on any atom is -0.534 e. The molecule has 290 valence electrons. The van der Waals surface area contributed by atoms with Gasteiger partial charge >= 0.3 is 31.2 Å². The van der Waals surface area contributed by atoms with Crippen LogP contribution in [-0.2, 0) is 11.2 Å². The van der Waals surface area contributed by atoms with Gasteiger partial charge in [-0.2, -0.15) is 0 Å². The van der Waals surface area contributed by atoms with Crippen LogP contribution in [0.2, 0.25) is 10.0 Å². The number of piperidine rings is 1. The summed E-state index contributed by atoms with van der Waals surface area (Å²) < 4.78 is 34.2. The van der Waals surface area contributed by atoms with Crippen molar-refractivity contribution < 1.29 is 62.9 Å². The highest BCUT2D eigenvalue weighted by molar-refractivity contribution is 6.47. The molecule has 3 heterocycles. The van der Waals surface area contributed by atoms with Crippen molar-refractivity contribution in [3.8, 4) is 23.0 Å². The van der Waals surface area contributed by atoms with Crippen LogP contribution in [0.25, 0.3) is 0 Å². The molecule has 0 aromatic heterocycles. The fourth-order valence-corrected chi connectivity index (χ4v) is 7.04. The number of nitrogens with one attached hydrogen (secondary N) is 3. The van der Waals surface area contributed by atoms with Gasteiger partial charge in [0.05, 0.1) is 16.7 Å². The number of halogens is 4. The van der Waals surface area contributed by atoms with Crippen molar-refractivity contribution in [2.75, 3.05) is 31.5 Å². The van der Waals surface area contributed by atoms with E-state index in [1.807, 2.05) is 0 Å². The first-order valence-corrected chi connectivity index (χ1v) is 17.3. The molecule has 2 saturated heterocycles. The zero-order valence-corrected chi connectivity index (χ0v) is 29.8. The number of phenols is 3. The molecule has 3 aromatic rings. The maximum Gasteiger partial charge on any atom is 0.547 e. The van der Waals surface area contributed by atoms with Gasteiger partial charge in [-0.1, -0.05) is 35.3 Å². The molecule has 55 heavy (non-hydrogen) atoms. The van der Waals surface area contributed by atoms with Gasteiger partial charge in [-0.05, 0) is 49.1 Å². The number of carbonyl (C=O) groups is 5. The number of nitrogens with zero attached hydrogens (tertiary/aromatic N) is 3. The second-order valence-corrected chi connectivity index (χ2v) is 13.6. The van der Waals surface area contributed by atoms with Gasteiger partial charge in [-0.25, -0.2) is 32.9 Å². The molecule has 0 saturated carbocycles. The average molecular weight is 807 g/mol. The Labute approximate surface area is 320 Å². The standard InChI is InChI=1S/C33H31BCl2F2N6O11/c35-23-16(13-18(38)26(46)27(23)47)25(29(48)40-21-12-14-4-5-17(37)22(30(49)50)28(14)55-34(21)54)41-32(52)44-11-10-43(33(44)53)15-6-8-42(9-7-15)31(51)39-19-2-1-3-20(45)24(19)36/h1-5,13,15,21,25,45-47,54H,6-12H2,(H,39,51)(H,40,48)(H,41,52)(H,49,50)/t21-,25?/m0/s1. The van der Waals surface area contributed by atoms with E-state index in [9.17, 15) is 58.2 Å². The van der Waals surface area contributed by atoms with Gasteiger partial charge in [0.15, 0.2) is 17.3 Å². The second kappa shape index (κ2) is 15.6. The van der Waals surface area contributed by atoms with Gasteiger partial charge < -0.3 is 55.9 Å². The van der Waals surface area contributed by atoms with Crippen molar-refractivity contribution in [1.82, 2.24) is 25.3 Å². The molecule has 2 fully saturated rings. The summed E-state index contributed by atoms with van der Waals surface area (Å²) in [4.78, 5) is 69.1. The fraction of sp³-hybridized carbons (Fsp3) is 0.303. The van der Waals surface area contributed by atoms with Crippen molar-refractivity contribution >= 4 is 66.0 Å². The number of fused-ring (bicyclic) bond motifs is 1. The Hall–Kier alpha value is -5.73. The van der Waals surface area contributed by atoms with Crippen LogP contribution in [0, 0.1) is 11.6 Å². The highest BCUT2D eigenvalue weighted by Gasteiger charge is 2.43. The van der Waals surface area contributed by atoms with Gasteiger partial charge in [-0.3, -0.25) is 4.79 Å². The Balaban J connectivity index is 1.15. The van der Waals surface area contributed by atoms with E-state index >= 15 is 0 Å². The fourth-order valence-electron chi connectivity index (χ4n) is 6.62. The number of hydrogen-bond acceptors (Lipinski definition) is 10. The molecule has 0 radical (unpaired) electrons. The van der Waals surface area contributed by atoms with E-state index in [2.05, 4.69) is 16.0 Å². The molecule has 2 atom stereocenters. The average Bonchev–Trinajstić information content (AvgIpc) is 3.54. The maximum absolute atomic E-state index is 14.7. The third-order valence-electron chi connectivity index (χ3n) is 9.49. The number of carbonyl (C=O) groups excluding carboxylic acids is 4. The van der Waals surface area contributed by atoms with Crippen molar-refractivity contribution in [3.05, 3.63) is 74.8 Å². The summed E-state index contributed by atoms with van der Waals surface area (Å²) >= 11 is 12.3. The Morgan fingerprint density at radius 3 is 2.33 bits per heavy atom. The summed E-state index contributed by atoms with van der Waals surface area (Å²) in [5, 5.41) is 56.6. The molecule has 17 nitrogen and oxygen atoms in total. The summed E-state index contributed by atoms with van der Waals surface area (Å²) in [6.45, 7) is 0.395. The third kappa shape index (κ3) is 7.65. The minimum atomic E-state index is -1.97. The van der Waals surface area contributed by atoms with E-state index in [0.717, 1.165) is 11.0 Å². The first kappa shape index (κ1) is 39.0. The van der Waals surface area contributed by atoms with E-state index in [4.69, 9.17) is 27.9 Å². The zero-order valence-electron chi connectivity index (χ0n) is 28.3. The topological polar surface area (TPSA) is 242 Å². The van der Waals surface area contributed by atoms with Crippen molar-refractivity contribution in [2.45, 2.75) is 37.3 Å². The highest BCUT2D eigenvalue weighted by Crippen LogP contribution is 2.41. The molecule has 8 N–H and O–H groups in total. The lowest BCUT2D eigenvalue weighted by Gasteiger charge is -2.36. The van der Waals surface area contributed by atoms with Gasteiger partial charge in [0.2, 0.25) is 5.91 Å². The van der Waals surface area contributed by atoms with E-state index in [1.54, 1.807) is 0 Å². The molecule has 0 aliphatic carbocycles. The molecule has 0 spiro atoms. The number of likely N-dealkylation sites (tertiary alicyclic amines) is 1. The first-order valence-electron chi connectivity index (χ1n) is 16.6. The summed E-state index contributed by atoms with van der Waals surface area (Å²) in [6.07, 6.45) is 0.380. The van der Waals surface area contributed by atoms with Crippen LogP contribution in [0.5, 0.6) is 23.0 Å². The Bertz CT molecular complexity index is 2090. The molecule has 3 aliphatic rings. The minimum absolute atomic E-state index is 0.0265. The molecular formula is C33H31BCl2F2N6O11. The number of aromatic hydroxyl groups is 3. The van der Waals surface area contributed by atoms with Crippen LogP contribution in [0.15, 0.2) is 36.4 Å². The monoisotopic (exact) mass is 806 g/mol. The number of amides is 7. The van der Waals surface area contributed by atoms with Crippen LogP contribution < -0.4 is 20.6 Å². The van der Waals surface area contributed by atoms with Crippen LogP contribution in [-0.4, -0.2) is 115 Å². The number of carboxylic acids is 1. The van der Waals surface area contributed by atoms with Gasteiger partial charge in [-0.15, -0.1) is 0 Å². The molecular weight excluding hydrogens is 776 g/mol. The molecule has 22 heteroatoms. The van der Waals surface area contributed by atoms with Gasteiger partial charge in [0, 0.05) is 37.8 Å². The molecule has 0 bridgehead atoms. The van der Waals surface area contributed by atoms with Crippen LogP contribution in [0.1, 0.15) is 40.4 Å². The number of anilines is 1. The van der Waals surface area contributed by atoms with Gasteiger partial charge in [0.25, 0.3) is 0 Å². The van der Waals surface area contributed by atoms with E-state index < -0.39 is 94.1 Å². The molecule has 7 amide bonds. The van der Waals surface area contributed by atoms with Crippen molar-refractivity contribution in [3.63, 3.8) is 0 Å². The lowest BCUT2D eigenvalue weighted by Crippen LogP contribution is -2.56. The summed E-state index contributed by atoms with van der Waals surface area (Å²) in [7, 11) is -1.94. The number of phenolic OH excluding ortho intramolecular Hbond substituents is 3. The first-order chi connectivity index (χ1) is 26.1. The summed E-state index contributed by atoms with van der Waals surface area (Å²) in [5.74, 6) is -9.82. The highest BCUT2D eigenvalue weighted by atomic mass is 35.5. The SMILES string of the molecule is O=C(O)c1c(F)ccc2c1OB(O)[C@@H](NC(=O)C(NC(=O)N1CCN(C3CCN(C(=O)Nc4cccc(O)c4Cl)CC3)C1=O)c1cc(F)c(O)c(O)c1Cl)C2. The number of urea groups is 3. The predicted octanol–water partition coefficient (Wildman–Crippen LogP) is 3.41. The van der Waals surface area contributed by atoms with E-state index in [1.165, 1.54) is 34.1 Å². The molecule has 1 unspecified atom stereocenters. The quantitative estimate of drug-likeness (QED) is 0.127. The lowest BCUT2D eigenvalue weighted by molar-refractivity contribution is -0.123. The molecule has 3 aliphatic heterocycles. The van der Waals surface area contributed by atoms with Crippen LogP contribution >= 0.6 is 23.2 Å². The number of carboxylic acid groups (broad SMARTS) is 1. The van der Waals surface area contributed by atoms with Crippen molar-refractivity contribution in [2.24, 2.45) is 0 Å². The Kier molecular flexibility index (Phi) is 11.0. The second-order valence-electron chi connectivity index (χ2n) is 12.8. The molecule has 3 aromatic carbocycles. The summed E-state index contributed by atoms with van der Waals surface area (Å²) in [6, 6.07) is 2.30. The number of aromatic carboxylic acids is 1. The van der Waals surface area contributed by atoms with E-state index in [-0.39, 0.29) is 60.7 Å². The third-order valence-corrected chi connectivity index (χ3v) is 10.3. The zero-order chi connectivity index (χ0) is 39.9. The van der Waals surface area contributed by atoms with Crippen LogP contribution in [0.4, 0.5) is 28.9 Å². The maximum atomic E-state index is 14.7. The number of benzene rings is 3. The molecule has 6 rings (SSSR count). The Morgan fingerprint density at radius 1 is 0.927 bits per heavy atom. The number of imide groups is 1.